The van der Waals surface area contributed by atoms with Gasteiger partial charge in [-0.05, 0) is 37.1 Å². The molecule has 224 valence electrons. The number of aromatic nitrogens is 3. The van der Waals surface area contributed by atoms with Crippen LogP contribution in [0.3, 0.4) is 0 Å². The molecule has 0 aliphatic carbocycles. The molecule has 1 fully saturated rings. The van der Waals surface area contributed by atoms with E-state index >= 15 is 0 Å². The average Bonchev–Trinajstić information content (AvgIpc) is 3.67. The molecule has 12 heteroatoms. The van der Waals surface area contributed by atoms with Crippen LogP contribution in [0.1, 0.15) is 64.4 Å². The summed E-state index contributed by atoms with van der Waals surface area (Å²) >= 11 is 1.35. The van der Waals surface area contributed by atoms with Crippen molar-refractivity contribution in [3.63, 3.8) is 0 Å². The maximum atomic E-state index is 14.4. The van der Waals surface area contributed by atoms with Crippen LogP contribution in [-0.2, 0) is 16.0 Å². The van der Waals surface area contributed by atoms with Gasteiger partial charge in [-0.15, -0.1) is 0 Å². The molecule has 0 amide bonds. The highest BCUT2D eigenvalue weighted by Gasteiger charge is 2.40. The van der Waals surface area contributed by atoms with Crippen molar-refractivity contribution >= 4 is 17.7 Å². The fourth-order valence-electron chi connectivity index (χ4n) is 5.71. The summed E-state index contributed by atoms with van der Waals surface area (Å²) in [6, 6.07) is 13.3. The Morgan fingerprint density at radius 2 is 1.95 bits per heavy atom. The molecular weight excluding hydrogens is 574 g/mol. The van der Waals surface area contributed by atoms with Gasteiger partial charge in [0.05, 0.1) is 53.0 Å². The SMILES string of the molecule is COc1ccccc1C(Cn1c2c(c(=O)n(-c3cccc(C(=O)O)c3)c1=O)C(C)C(c1ncco1)S2)OC1CCOCC1. The van der Waals surface area contributed by atoms with Crippen molar-refractivity contribution in [2.24, 2.45) is 0 Å². The molecule has 43 heavy (non-hydrogen) atoms. The minimum Gasteiger partial charge on any atom is -0.496 e. The number of para-hydroxylation sites is 1. The first-order valence-corrected chi connectivity index (χ1v) is 14.9. The van der Waals surface area contributed by atoms with Gasteiger partial charge in [0.2, 0.25) is 5.89 Å². The number of aromatic carboxylic acids is 1. The van der Waals surface area contributed by atoms with Crippen LogP contribution in [0, 0.1) is 0 Å². The molecule has 3 atom stereocenters. The van der Waals surface area contributed by atoms with E-state index in [1.807, 2.05) is 31.2 Å². The maximum absolute atomic E-state index is 14.4. The molecule has 2 aliphatic rings. The Balaban J connectivity index is 1.53. The maximum Gasteiger partial charge on any atom is 0.336 e. The second-order valence-corrected chi connectivity index (χ2v) is 11.6. The summed E-state index contributed by atoms with van der Waals surface area (Å²) in [5.74, 6) is -0.449. The van der Waals surface area contributed by atoms with Gasteiger partial charge in [-0.2, -0.15) is 0 Å². The molecule has 2 aromatic heterocycles. The number of carboxylic acids is 1. The van der Waals surface area contributed by atoms with Gasteiger partial charge in [0, 0.05) is 24.7 Å². The van der Waals surface area contributed by atoms with Gasteiger partial charge in [0.25, 0.3) is 5.56 Å². The fourth-order valence-corrected chi connectivity index (χ4v) is 7.18. The molecule has 1 N–H and O–H groups in total. The number of methoxy groups -OCH3 is 1. The van der Waals surface area contributed by atoms with Crippen LogP contribution >= 0.6 is 11.8 Å². The second kappa shape index (κ2) is 12.2. The zero-order valence-corrected chi connectivity index (χ0v) is 24.5. The van der Waals surface area contributed by atoms with Gasteiger partial charge in [-0.1, -0.05) is 43.0 Å². The molecule has 2 aliphatic heterocycles. The third kappa shape index (κ3) is 5.53. The Morgan fingerprint density at radius 1 is 1.16 bits per heavy atom. The number of carbonyl (C=O) groups is 1. The van der Waals surface area contributed by atoms with Crippen molar-refractivity contribution in [1.82, 2.24) is 14.1 Å². The summed E-state index contributed by atoms with van der Waals surface area (Å²) in [7, 11) is 1.59. The van der Waals surface area contributed by atoms with Crippen molar-refractivity contribution in [1.29, 1.82) is 0 Å². The predicted molar refractivity (Wildman–Crippen MR) is 157 cm³/mol. The van der Waals surface area contributed by atoms with E-state index in [0.29, 0.717) is 48.3 Å². The summed E-state index contributed by atoms with van der Waals surface area (Å²) in [5, 5.41) is 9.77. The number of rotatable bonds is 9. The third-order valence-electron chi connectivity index (χ3n) is 7.88. The largest absolute Gasteiger partial charge is 0.496 e. The zero-order valence-electron chi connectivity index (χ0n) is 23.7. The average molecular weight is 606 g/mol. The number of thioether (sulfide) groups is 1. The first kappa shape index (κ1) is 29.0. The first-order chi connectivity index (χ1) is 20.9. The van der Waals surface area contributed by atoms with E-state index in [4.69, 9.17) is 18.6 Å². The number of ether oxygens (including phenoxy) is 3. The van der Waals surface area contributed by atoms with E-state index in [9.17, 15) is 19.5 Å². The summed E-state index contributed by atoms with van der Waals surface area (Å²) in [6.07, 6.45) is 3.74. The molecule has 4 aromatic rings. The van der Waals surface area contributed by atoms with Gasteiger partial charge < -0.3 is 23.7 Å². The Labute approximate surface area is 251 Å². The van der Waals surface area contributed by atoms with E-state index in [2.05, 4.69) is 4.98 Å². The molecule has 0 saturated carbocycles. The molecule has 0 spiro atoms. The van der Waals surface area contributed by atoms with Crippen LogP contribution in [0.25, 0.3) is 5.69 Å². The smallest absolute Gasteiger partial charge is 0.336 e. The van der Waals surface area contributed by atoms with Crippen molar-refractivity contribution < 1.29 is 28.5 Å². The molecule has 4 heterocycles. The Bertz CT molecular complexity index is 1740. The highest BCUT2D eigenvalue weighted by Crippen LogP contribution is 2.52. The summed E-state index contributed by atoms with van der Waals surface area (Å²) in [4.78, 5) is 44.5. The van der Waals surface area contributed by atoms with Crippen molar-refractivity contribution in [3.8, 4) is 11.4 Å². The zero-order chi connectivity index (χ0) is 30.1. The van der Waals surface area contributed by atoms with Crippen LogP contribution in [-0.4, -0.2) is 51.6 Å². The molecule has 11 nitrogen and oxygen atoms in total. The Morgan fingerprint density at radius 3 is 2.67 bits per heavy atom. The van der Waals surface area contributed by atoms with Crippen molar-refractivity contribution in [3.05, 3.63) is 104 Å². The van der Waals surface area contributed by atoms with Crippen molar-refractivity contribution in [2.45, 2.75) is 54.7 Å². The van der Waals surface area contributed by atoms with Gasteiger partial charge >= 0.3 is 11.7 Å². The number of benzene rings is 2. The van der Waals surface area contributed by atoms with Gasteiger partial charge in [0.1, 0.15) is 18.1 Å². The topological polar surface area (TPSA) is 135 Å². The van der Waals surface area contributed by atoms with Crippen LogP contribution < -0.4 is 16.0 Å². The lowest BCUT2D eigenvalue weighted by Crippen LogP contribution is -2.42. The molecule has 2 aromatic carbocycles. The monoisotopic (exact) mass is 605 g/mol. The minimum atomic E-state index is -1.16. The minimum absolute atomic E-state index is 0.0364. The van der Waals surface area contributed by atoms with E-state index < -0.39 is 23.3 Å². The third-order valence-corrected chi connectivity index (χ3v) is 9.41. The lowest BCUT2D eigenvalue weighted by Gasteiger charge is -2.30. The quantitative estimate of drug-likeness (QED) is 0.270. The molecule has 3 unspecified atom stereocenters. The normalized spacial score (nSPS) is 19.2. The second-order valence-electron chi connectivity index (χ2n) is 10.5. The molecule has 0 bridgehead atoms. The lowest BCUT2D eigenvalue weighted by molar-refractivity contribution is -0.0763. The lowest BCUT2D eigenvalue weighted by atomic mass is 10.00. The molecule has 6 rings (SSSR count). The van der Waals surface area contributed by atoms with Gasteiger partial charge in [-0.3, -0.25) is 9.36 Å². The van der Waals surface area contributed by atoms with Crippen molar-refractivity contribution in [2.75, 3.05) is 20.3 Å². The number of carboxylic acid groups (broad SMARTS) is 1. The van der Waals surface area contributed by atoms with Gasteiger partial charge in [0.15, 0.2) is 0 Å². The highest BCUT2D eigenvalue weighted by molar-refractivity contribution is 7.99. The fraction of sp³-hybridized carbons (Fsp3) is 0.355. The molecular formula is C31H31N3O8S. The summed E-state index contributed by atoms with van der Waals surface area (Å²) < 4.78 is 26.1. The Hall–Kier alpha value is -4.13. The standard InChI is InChI=1S/C31H31N3O8S/c1-18-25-28(35)34(20-7-5-6-19(16-20)30(36)37)31(38)33(29(25)43-26(18)27-32-12-15-41-27)17-24(42-21-10-13-40-14-11-21)22-8-3-4-9-23(22)39-2/h3-9,12,15-16,18,21,24,26H,10-11,13-14,17H2,1-2H3,(H,36,37). The number of fused-ring (bicyclic) bond motifs is 1. The summed E-state index contributed by atoms with van der Waals surface area (Å²) in [5.41, 5.74) is 0.219. The molecule has 0 radical (unpaired) electrons. The van der Waals surface area contributed by atoms with Crippen LogP contribution in [0.4, 0.5) is 0 Å². The van der Waals surface area contributed by atoms with E-state index in [0.717, 1.165) is 10.1 Å². The van der Waals surface area contributed by atoms with Crippen LogP contribution in [0.15, 0.2) is 80.0 Å². The highest BCUT2D eigenvalue weighted by atomic mass is 32.2. The van der Waals surface area contributed by atoms with E-state index in [1.54, 1.807) is 23.9 Å². The Kier molecular flexibility index (Phi) is 8.24. The number of hydrogen-bond donors (Lipinski definition) is 1. The van der Waals surface area contributed by atoms with Crippen LogP contribution in [0.2, 0.25) is 0 Å². The van der Waals surface area contributed by atoms with E-state index in [-0.39, 0.29) is 35.1 Å². The predicted octanol–water partition coefficient (Wildman–Crippen LogP) is 4.58. The number of nitrogens with zero attached hydrogens (tertiary/aromatic N) is 3. The summed E-state index contributed by atoms with van der Waals surface area (Å²) in [6.45, 7) is 3.14. The van der Waals surface area contributed by atoms with E-state index in [1.165, 1.54) is 36.2 Å². The first-order valence-electron chi connectivity index (χ1n) is 14.0. The number of oxazole rings is 1. The van der Waals surface area contributed by atoms with Crippen LogP contribution in [0.5, 0.6) is 5.75 Å². The number of hydrogen-bond acceptors (Lipinski definition) is 9. The van der Waals surface area contributed by atoms with Gasteiger partial charge in [-0.25, -0.2) is 19.1 Å². The molecule has 1 saturated heterocycles.